The van der Waals surface area contributed by atoms with Gasteiger partial charge in [0.1, 0.15) is 11.5 Å². The van der Waals surface area contributed by atoms with Gasteiger partial charge in [-0.15, -0.1) is 0 Å². The topological polar surface area (TPSA) is 12.5 Å². The molecule has 226 valence electrons. The maximum atomic E-state index is 6.85. The Labute approximate surface area is 278 Å². The van der Waals surface area contributed by atoms with Crippen LogP contribution in [0.5, 0.6) is 11.5 Å². The first-order chi connectivity index (χ1) is 22.8. The van der Waals surface area contributed by atoms with Gasteiger partial charge >= 0.3 is 6.85 Å². The van der Waals surface area contributed by atoms with Crippen LogP contribution < -0.4 is 36.9 Å². The minimum Gasteiger partial charge on any atom is -0.458 e. The first kappa shape index (κ1) is 27.4. The van der Waals surface area contributed by atoms with Crippen LogP contribution >= 0.6 is 0 Å². The first-order valence-electron chi connectivity index (χ1n) is 17.4. The molecule has 0 atom stereocenters. The van der Waals surface area contributed by atoms with Crippen molar-refractivity contribution in [3.63, 3.8) is 0 Å². The fourth-order valence-electron chi connectivity index (χ4n) is 9.01. The summed E-state index contributed by atoms with van der Waals surface area (Å²) in [6.45, 7) is 14.0. The van der Waals surface area contributed by atoms with Gasteiger partial charge < -0.3 is 9.55 Å². The first-order valence-corrected chi connectivity index (χ1v) is 17.4. The second kappa shape index (κ2) is 9.44. The van der Waals surface area contributed by atoms with Crippen LogP contribution in [0.4, 0.5) is 11.4 Å². The van der Waals surface area contributed by atoms with Crippen molar-refractivity contribution in [3.8, 4) is 33.8 Å². The third kappa shape index (κ3) is 3.54. The fraction of sp³-hybridized carbons (Fsp3) is 0.209. The molecule has 47 heavy (non-hydrogen) atoms. The highest BCUT2D eigenvalue weighted by atomic mass is 16.5. The standard InChI is InChI=1S/C43H37B2NO/c1-23(2)27-11-14-31-32-15-18-39-41-43(32)46-42-33(40-30-10-8-7-9-26(30)12-16-34(40)45(46)35(31)20-27)19-29(25(5)6)22-37(42)44(41)36-21-28(24(3)4)13-17-38(36)47-39/h7-25H,1-6H3. The maximum absolute atomic E-state index is 6.85. The van der Waals surface area contributed by atoms with E-state index in [0.29, 0.717) is 17.8 Å². The van der Waals surface area contributed by atoms with Gasteiger partial charge in [-0.3, -0.25) is 0 Å². The molecular weight excluding hydrogens is 568 g/mol. The highest BCUT2D eigenvalue weighted by Gasteiger charge is 2.51. The predicted octanol–water partition coefficient (Wildman–Crippen LogP) is 8.05. The lowest BCUT2D eigenvalue weighted by molar-refractivity contribution is 0.487. The third-order valence-electron chi connectivity index (χ3n) is 11.4. The quantitative estimate of drug-likeness (QED) is 0.189. The second-order valence-corrected chi connectivity index (χ2v) is 15.0. The molecule has 6 aromatic rings. The Bertz CT molecular complexity index is 2350. The Morgan fingerprint density at radius 2 is 1.21 bits per heavy atom. The van der Waals surface area contributed by atoms with E-state index in [0.717, 1.165) is 11.5 Å². The summed E-state index contributed by atoms with van der Waals surface area (Å²) in [6.07, 6.45) is 0. The molecule has 0 unspecified atom stereocenters. The zero-order valence-electron chi connectivity index (χ0n) is 28.0. The monoisotopic (exact) mass is 605 g/mol. The predicted molar refractivity (Wildman–Crippen MR) is 202 cm³/mol. The molecule has 4 aliphatic heterocycles. The molecule has 0 amide bonds. The summed E-state index contributed by atoms with van der Waals surface area (Å²) in [7, 11) is 0. The third-order valence-corrected chi connectivity index (χ3v) is 11.4. The molecule has 0 aliphatic carbocycles. The SMILES string of the molecule is CC(C)c1ccc2c(c1)B1c3cc(C(C)C)cc4c3N3B(c5cc(C(C)C)ccc5-c5ccc(c1c53)O2)c1ccc2ccccc2c1-4. The van der Waals surface area contributed by atoms with Gasteiger partial charge in [0.25, 0.3) is 6.71 Å². The molecule has 0 fully saturated rings. The largest absolute Gasteiger partial charge is 0.458 e. The van der Waals surface area contributed by atoms with Gasteiger partial charge in [-0.1, -0.05) is 114 Å². The van der Waals surface area contributed by atoms with Crippen LogP contribution in [0.25, 0.3) is 33.0 Å². The van der Waals surface area contributed by atoms with Gasteiger partial charge in [0.05, 0.1) is 0 Å². The lowest BCUT2D eigenvalue weighted by Crippen LogP contribution is -2.68. The van der Waals surface area contributed by atoms with Gasteiger partial charge in [0.15, 0.2) is 0 Å². The molecule has 4 heteroatoms. The van der Waals surface area contributed by atoms with Crippen LogP contribution in [0.1, 0.15) is 76.0 Å². The number of ether oxygens (including phenoxy) is 1. The minimum absolute atomic E-state index is 0.0720. The Hall–Kier alpha value is -4.69. The summed E-state index contributed by atoms with van der Waals surface area (Å²) < 4.78 is 6.85. The van der Waals surface area contributed by atoms with Crippen LogP contribution in [0, 0.1) is 0 Å². The van der Waals surface area contributed by atoms with E-state index in [1.807, 2.05) is 0 Å². The molecule has 0 aromatic heterocycles. The molecule has 2 nitrogen and oxygen atoms in total. The number of fused-ring (bicyclic) bond motifs is 11. The average Bonchev–Trinajstić information content (AvgIpc) is 3.08. The van der Waals surface area contributed by atoms with Crippen LogP contribution in [-0.2, 0) is 0 Å². The van der Waals surface area contributed by atoms with Crippen molar-refractivity contribution < 1.29 is 4.74 Å². The lowest BCUT2D eigenvalue weighted by atomic mass is 9.31. The molecule has 6 aromatic carbocycles. The number of hydrogen-bond donors (Lipinski definition) is 0. The Morgan fingerprint density at radius 3 is 2.00 bits per heavy atom. The molecule has 10 rings (SSSR count). The van der Waals surface area contributed by atoms with E-state index in [1.54, 1.807) is 0 Å². The zero-order valence-corrected chi connectivity index (χ0v) is 28.0. The second-order valence-electron chi connectivity index (χ2n) is 15.0. The summed E-state index contributed by atoms with van der Waals surface area (Å²) in [6, 6.07) is 37.5. The van der Waals surface area contributed by atoms with Gasteiger partial charge in [-0.25, -0.2) is 0 Å². The number of anilines is 2. The van der Waals surface area contributed by atoms with Crippen molar-refractivity contribution in [1.82, 2.24) is 0 Å². The molecular formula is C43H37B2NO. The van der Waals surface area contributed by atoms with Crippen LogP contribution in [-0.4, -0.2) is 13.6 Å². The zero-order chi connectivity index (χ0) is 31.9. The molecule has 0 saturated heterocycles. The van der Waals surface area contributed by atoms with Crippen molar-refractivity contribution in [2.24, 2.45) is 0 Å². The summed E-state index contributed by atoms with van der Waals surface area (Å²) >= 11 is 0. The van der Waals surface area contributed by atoms with Crippen LogP contribution in [0.2, 0.25) is 0 Å². The van der Waals surface area contributed by atoms with Crippen LogP contribution in [0.3, 0.4) is 0 Å². The minimum atomic E-state index is 0.0720. The van der Waals surface area contributed by atoms with Gasteiger partial charge in [-0.05, 0) is 108 Å². The Balaban J connectivity index is 1.41. The van der Waals surface area contributed by atoms with Crippen molar-refractivity contribution in [2.45, 2.75) is 59.3 Å². The van der Waals surface area contributed by atoms with Gasteiger partial charge in [0.2, 0.25) is 0 Å². The molecule has 4 aliphatic rings. The fourth-order valence-corrected chi connectivity index (χ4v) is 9.01. The van der Waals surface area contributed by atoms with E-state index in [1.165, 1.54) is 88.4 Å². The molecule has 0 bridgehead atoms. The molecule has 0 N–H and O–H groups in total. The van der Waals surface area contributed by atoms with E-state index in [-0.39, 0.29) is 13.6 Å². The number of hydrogen-bond acceptors (Lipinski definition) is 2. The summed E-state index contributed by atoms with van der Waals surface area (Å²) in [5.74, 6) is 3.27. The van der Waals surface area contributed by atoms with Crippen molar-refractivity contribution in [2.75, 3.05) is 4.81 Å². The maximum Gasteiger partial charge on any atom is 0.329 e. The number of benzene rings is 6. The normalized spacial score (nSPS) is 14.4. The molecule has 0 radical (unpaired) electrons. The van der Waals surface area contributed by atoms with Crippen molar-refractivity contribution in [1.29, 1.82) is 0 Å². The van der Waals surface area contributed by atoms with Crippen molar-refractivity contribution >= 4 is 63.0 Å². The summed E-state index contributed by atoms with van der Waals surface area (Å²) in [5.41, 5.74) is 19.1. The lowest BCUT2D eigenvalue weighted by Gasteiger charge is -2.50. The van der Waals surface area contributed by atoms with Gasteiger partial charge in [0, 0.05) is 22.5 Å². The number of rotatable bonds is 3. The summed E-state index contributed by atoms with van der Waals surface area (Å²) in [5, 5.41) is 2.64. The van der Waals surface area contributed by atoms with E-state index in [2.05, 4.69) is 143 Å². The van der Waals surface area contributed by atoms with Gasteiger partial charge in [-0.2, -0.15) is 0 Å². The van der Waals surface area contributed by atoms with E-state index < -0.39 is 0 Å². The highest BCUT2D eigenvalue weighted by molar-refractivity contribution is 7.03. The van der Waals surface area contributed by atoms with E-state index in [9.17, 15) is 0 Å². The number of nitrogens with zero attached hydrogens (tertiary/aromatic N) is 1. The summed E-state index contributed by atoms with van der Waals surface area (Å²) in [4.78, 5) is 2.73. The Kier molecular flexibility index (Phi) is 5.51. The average molecular weight is 605 g/mol. The Morgan fingerprint density at radius 1 is 0.532 bits per heavy atom. The van der Waals surface area contributed by atoms with Crippen molar-refractivity contribution in [3.05, 3.63) is 114 Å². The smallest absolute Gasteiger partial charge is 0.329 e. The highest BCUT2D eigenvalue weighted by Crippen LogP contribution is 2.51. The van der Waals surface area contributed by atoms with E-state index >= 15 is 0 Å². The molecule has 4 heterocycles. The molecule has 0 spiro atoms. The van der Waals surface area contributed by atoms with Crippen LogP contribution in [0.15, 0.2) is 97.1 Å². The van der Waals surface area contributed by atoms with E-state index in [4.69, 9.17) is 4.74 Å². The molecule has 0 saturated carbocycles.